The number of nitrogens with zero attached hydrogens (tertiary/aromatic N) is 1. The monoisotopic (exact) mass is 664 g/mol. The number of phenols is 2. The molecule has 0 unspecified atom stereocenters. The number of aliphatic hydroxyl groups excluding tert-OH is 1. The summed E-state index contributed by atoms with van der Waals surface area (Å²) in [5.41, 5.74) is 5.28. The molecule has 0 saturated carbocycles. The molecule has 0 radical (unpaired) electrons. The Kier molecular flexibility index (Phi) is 10.5. The minimum Gasteiger partial charge on any atom is -0.508 e. The average molecular weight is 665 g/mol. The summed E-state index contributed by atoms with van der Waals surface area (Å²) < 4.78 is 5.47. The van der Waals surface area contributed by atoms with Crippen molar-refractivity contribution >= 4 is 17.5 Å². The minimum absolute atomic E-state index is 0.123. The number of fused-ring (bicyclic) bond motifs is 1. The Morgan fingerprint density at radius 1 is 0.959 bits per heavy atom. The van der Waals surface area contributed by atoms with Gasteiger partial charge in [0.25, 0.3) is 11.8 Å². The SMILES string of the molecule is CN1CCC(c2ccccc2)(c2cc(CCCNC(=O)c3ccc(CNC[C@H](O)c4ccc(O)c5c4OCC(=O)N5)cc3)ccc2O)CC1. The summed E-state index contributed by atoms with van der Waals surface area (Å²) in [6.07, 6.45) is 2.50. The van der Waals surface area contributed by atoms with Crippen molar-refractivity contribution in [2.24, 2.45) is 0 Å². The molecule has 1 atom stereocenters. The third kappa shape index (κ3) is 7.72. The van der Waals surface area contributed by atoms with Gasteiger partial charge in [0.05, 0.1) is 6.10 Å². The zero-order valence-electron chi connectivity index (χ0n) is 27.7. The zero-order chi connectivity index (χ0) is 34.4. The predicted octanol–water partition coefficient (Wildman–Crippen LogP) is 4.63. The Bertz CT molecular complexity index is 1770. The van der Waals surface area contributed by atoms with Crippen LogP contribution in [0.15, 0.2) is 84.9 Å². The fraction of sp³-hybridized carbons (Fsp3) is 0.333. The molecular formula is C39H44N4O6. The maximum atomic E-state index is 12.9. The molecule has 4 aromatic carbocycles. The van der Waals surface area contributed by atoms with E-state index in [0.29, 0.717) is 30.0 Å². The number of piperidine rings is 1. The van der Waals surface area contributed by atoms with Crippen LogP contribution in [0.1, 0.15) is 63.5 Å². The predicted molar refractivity (Wildman–Crippen MR) is 188 cm³/mol. The number of hydrogen-bond acceptors (Lipinski definition) is 8. The van der Waals surface area contributed by atoms with Crippen molar-refractivity contribution in [3.8, 4) is 17.2 Å². The smallest absolute Gasteiger partial charge is 0.262 e. The van der Waals surface area contributed by atoms with Gasteiger partial charge in [0.15, 0.2) is 12.4 Å². The van der Waals surface area contributed by atoms with Crippen molar-refractivity contribution in [1.29, 1.82) is 0 Å². The van der Waals surface area contributed by atoms with Crippen LogP contribution in [0.2, 0.25) is 0 Å². The van der Waals surface area contributed by atoms with Crippen molar-refractivity contribution in [3.63, 3.8) is 0 Å². The molecule has 49 heavy (non-hydrogen) atoms. The largest absolute Gasteiger partial charge is 0.508 e. The molecule has 0 spiro atoms. The zero-order valence-corrected chi connectivity index (χ0v) is 27.7. The molecule has 1 fully saturated rings. The first-order valence-electron chi connectivity index (χ1n) is 16.8. The molecule has 6 N–H and O–H groups in total. The highest BCUT2D eigenvalue weighted by Gasteiger charge is 2.39. The average Bonchev–Trinajstić information content (AvgIpc) is 3.12. The molecule has 0 aromatic heterocycles. The summed E-state index contributed by atoms with van der Waals surface area (Å²) in [5, 5.41) is 40.6. The van der Waals surface area contributed by atoms with Crippen LogP contribution in [-0.2, 0) is 23.2 Å². The highest BCUT2D eigenvalue weighted by molar-refractivity contribution is 5.97. The summed E-state index contributed by atoms with van der Waals surface area (Å²) >= 11 is 0. The van der Waals surface area contributed by atoms with Gasteiger partial charge >= 0.3 is 0 Å². The van der Waals surface area contributed by atoms with Crippen molar-refractivity contribution < 1.29 is 29.6 Å². The molecule has 1 saturated heterocycles. The third-order valence-electron chi connectivity index (χ3n) is 9.69. The van der Waals surface area contributed by atoms with Gasteiger partial charge in [-0.15, -0.1) is 0 Å². The van der Waals surface area contributed by atoms with Gasteiger partial charge in [-0.2, -0.15) is 0 Å². The van der Waals surface area contributed by atoms with Crippen LogP contribution in [0.4, 0.5) is 5.69 Å². The maximum Gasteiger partial charge on any atom is 0.262 e. The molecule has 2 aliphatic heterocycles. The molecule has 4 aromatic rings. The first-order chi connectivity index (χ1) is 23.7. The van der Waals surface area contributed by atoms with E-state index in [2.05, 4.69) is 58.2 Å². The first kappa shape index (κ1) is 34.0. The number of aromatic hydroxyl groups is 2. The lowest BCUT2D eigenvalue weighted by molar-refractivity contribution is -0.118. The quantitative estimate of drug-likeness (QED) is 0.0952. The lowest BCUT2D eigenvalue weighted by Gasteiger charge is -2.42. The molecular weight excluding hydrogens is 620 g/mol. The van der Waals surface area contributed by atoms with E-state index in [9.17, 15) is 24.9 Å². The number of benzene rings is 4. The number of carbonyl (C=O) groups excluding carboxylic acids is 2. The standard InChI is InChI=1S/C39H44N4O6/c1-43-20-17-39(18-21-43,29-7-3-2-4-8-29)31-22-26(11-15-32(31)44)6-5-19-41-38(48)28-12-9-27(10-13-28)23-40-24-34(46)30-14-16-33(45)36-37(30)49-25-35(47)42-36/h2-4,7-16,22,34,40,44-46H,5-6,17-21,23-25H2,1H3,(H,41,48)(H,42,47)/t34-/m0/s1. The van der Waals surface area contributed by atoms with Gasteiger partial charge in [-0.05, 0) is 92.8 Å². The number of ether oxygens (including phenoxy) is 1. The van der Waals surface area contributed by atoms with Gasteiger partial charge < -0.3 is 40.9 Å². The van der Waals surface area contributed by atoms with E-state index >= 15 is 0 Å². The Hall–Kier alpha value is -4.90. The second kappa shape index (κ2) is 15.1. The summed E-state index contributed by atoms with van der Waals surface area (Å²) in [7, 11) is 2.14. The van der Waals surface area contributed by atoms with Crippen molar-refractivity contribution in [3.05, 3.63) is 118 Å². The number of phenolic OH excluding ortho intramolecular Hbond substituents is 2. The fourth-order valence-corrected chi connectivity index (χ4v) is 6.87. The fourth-order valence-electron chi connectivity index (χ4n) is 6.87. The topological polar surface area (TPSA) is 143 Å². The van der Waals surface area contributed by atoms with Crippen LogP contribution >= 0.6 is 0 Å². The number of aliphatic hydroxyl groups is 1. The van der Waals surface area contributed by atoms with Crippen LogP contribution in [0, 0.1) is 0 Å². The van der Waals surface area contributed by atoms with E-state index in [1.54, 1.807) is 18.2 Å². The number of amides is 2. The molecule has 2 aliphatic rings. The number of aryl methyl sites for hydroxylation is 1. The molecule has 256 valence electrons. The molecule has 6 rings (SSSR count). The van der Waals surface area contributed by atoms with Crippen molar-refractivity contribution in [1.82, 2.24) is 15.5 Å². The lowest BCUT2D eigenvalue weighted by atomic mass is 9.67. The second-order valence-electron chi connectivity index (χ2n) is 13.0. The summed E-state index contributed by atoms with van der Waals surface area (Å²) in [6, 6.07) is 26.8. The molecule has 10 heteroatoms. The highest BCUT2D eigenvalue weighted by Crippen LogP contribution is 2.45. The number of carbonyl (C=O) groups is 2. The van der Waals surface area contributed by atoms with E-state index in [1.807, 2.05) is 30.3 Å². The number of rotatable bonds is 12. The van der Waals surface area contributed by atoms with Crippen molar-refractivity contribution in [2.45, 2.75) is 43.7 Å². The van der Waals surface area contributed by atoms with E-state index < -0.39 is 6.10 Å². The Morgan fingerprint density at radius 2 is 1.67 bits per heavy atom. The summed E-state index contributed by atoms with van der Waals surface area (Å²) in [5.74, 6) is -0.0294. The number of nitrogens with one attached hydrogen (secondary N) is 3. The van der Waals surface area contributed by atoms with Gasteiger partial charge in [-0.1, -0.05) is 54.6 Å². The third-order valence-corrected chi connectivity index (χ3v) is 9.69. The van der Waals surface area contributed by atoms with Crippen LogP contribution in [0.5, 0.6) is 17.2 Å². The van der Waals surface area contributed by atoms with Crippen LogP contribution < -0.4 is 20.7 Å². The van der Waals surface area contributed by atoms with Crippen LogP contribution in [-0.4, -0.2) is 71.9 Å². The Labute approximate surface area is 286 Å². The Morgan fingerprint density at radius 3 is 2.43 bits per heavy atom. The summed E-state index contributed by atoms with van der Waals surface area (Å²) in [6.45, 7) is 2.95. The second-order valence-corrected chi connectivity index (χ2v) is 13.0. The Balaban J connectivity index is 0.985. The van der Waals surface area contributed by atoms with E-state index in [1.165, 1.54) is 11.6 Å². The normalized spacial score (nSPS) is 16.2. The molecule has 2 heterocycles. The maximum absolute atomic E-state index is 12.9. The van der Waals surface area contributed by atoms with Crippen LogP contribution in [0.25, 0.3) is 0 Å². The minimum atomic E-state index is -0.929. The van der Waals surface area contributed by atoms with E-state index in [-0.39, 0.29) is 47.6 Å². The molecule has 0 bridgehead atoms. The van der Waals surface area contributed by atoms with Crippen LogP contribution in [0.3, 0.4) is 0 Å². The molecule has 2 amide bonds. The molecule has 0 aliphatic carbocycles. The highest BCUT2D eigenvalue weighted by atomic mass is 16.5. The number of likely N-dealkylation sites (tertiary alicyclic amines) is 1. The van der Waals surface area contributed by atoms with Gasteiger partial charge in [-0.3, -0.25) is 9.59 Å². The van der Waals surface area contributed by atoms with Crippen molar-refractivity contribution in [2.75, 3.05) is 45.2 Å². The van der Waals surface area contributed by atoms with Gasteiger partial charge in [0.1, 0.15) is 17.2 Å². The van der Waals surface area contributed by atoms with Gasteiger partial charge in [-0.25, -0.2) is 0 Å². The lowest BCUT2D eigenvalue weighted by Crippen LogP contribution is -2.41. The van der Waals surface area contributed by atoms with Gasteiger partial charge in [0, 0.05) is 41.7 Å². The first-order valence-corrected chi connectivity index (χ1v) is 16.8. The van der Waals surface area contributed by atoms with E-state index in [0.717, 1.165) is 55.5 Å². The number of hydrogen-bond donors (Lipinski definition) is 6. The van der Waals surface area contributed by atoms with Gasteiger partial charge in [0.2, 0.25) is 0 Å². The van der Waals surface area contributed by atoms with E-state index in [4.69, 9.17) is 4.74 Å². The number of anilines is 1. The summed E-state index contributed by atoms with van der Waals surface area (Å²) in [4.78, 5) is 26.8. The molecule has 10 nitrogen and oxygen atoms in total.